The van der Waals surface area contributed by atoms with Crippen LogP contribution in [0.1, 0.15) is 27.9 Å². The average Bonchev–Trinajstić information content (AvgIpc) is 3.05. The number of thiazole rings is 1. The van der Waals surface area contributed by atoms with Crippen molar-refractivity contribution in [3.63, 3.8) is 0 Å². The van der Waals surface area contributed by atoms with Gasteiger partial charge < -0.3 is 9.64 Å². The lowest BCUT2D eigenvalue weighted by molar-refractivity contribution is 0.0789. The van der Waals surface area contributed by atoms with Gasteiger partial charge >= 0.3 is 0 Å². The van der Waals surface area contributed by atoms with Gasteiger partial charge in [-0.25, -0.2) is 4.98 Å². The second kappa shape index (κ2) is 8.10. The van der Waals surface area contributed by atoms with Crippen molar-refractivity contribution < 1.29 is 9.53 Å². The number of aromatic nitrogens is 2. The molecule has 0 unspecified atom stereocenters. The van der Waals surface area contributed by atoms with Gasteiger partial charge in [0.2, 0.25) is 0 Å². The standard InChI is InChI=1S/C20H21N3O2S/c1-4-25-16-10-8-15(9-11-16)13-23(3)20(24)18-14(2)22-19(26-18)17-7-5-6-12-21-17/h5-12H,4,13H2,1-3H3. The third-order valence-corrected chi connectivity index (χ3v) is 5.04. The number of ether oxygens (including phenoxy) is 1. The Labute approximate surface area is 157 Å². The van der Waals surface area contributed by atoms with Crippen LogP contribution in [0.3, 0.4) is 0 Å². The van der Waals surface area contributed by atoms with Crippen molar-refractivity contribution in [1.82, 2.24) is 14.9 Å². The molecule has 6 heteroatoms. The summed E-state index contributed by atoms with van der Waals surface area (Å²) < 4.78 is 5.45. The normalized spacial score (nSPS) is 10.6. The number of carbonyl (C=O) groups is 1. The second-order valence-electron chi connectivity index (χ2n) is 5.89. The van der Waals surface area contributed by atoms with Crippen LogP contribution in [-0.4, -0.2) is 34.4 Å². The van der Waals surface area contributed by atoms with Crippen molar-refractivity contribution in [3.8, 4) is 16.5 Å². The zero-order chi connectivity index (χ0) is 18.5. The lowest BCUT2D eigenvalue weighted by Crippen LogP contribution is -2.26. The lowest BCUT2D eigenvalue weighted by atomic mass is 10.2. The zero-order valence-corrected chi connectivity index (χ0v) is 15.9. The Morgan fingerprint density at radius 3 is 2.62 bits per heavy atom. The Hall–Kier alpha value is -2.73. The van der Waals surface area contributed by atoms with E-state index in [-0.39, 0.29) is 5.91 Å². The molecule has 1 amide bonds. The largest absolute Gasteiger partial charge is 0.494 e. The summed E-state index contributed by atoms with van der Waals surface area (Å²) in [5, 5.41) is 0.765. The first-order valence-electron chi connectivity index (χ1n) is 8.44. The molecular formula is C20H21N3O2S. The molecule has 0 radical (unpaired) electrons. The molecule has 0 saturated heterocycles. The Morgan fingerprint density at radius 1 is 1.19 bits per heavy atom. The molecule has 0 aliphatic carbocycles. The van der Waals surface area contributed by atoms with E-state index in [1.54, 1.807) is 18.1 Å². The maximum Gasteiger partial charge on any atom is 0.265 e. The Kier molecular flexibility index (Phi) is 5.63. The van der Waals surface area contributed by atoms with Crippen molar-refractivity contribution in [2.24, 2.45) is 0 Å². The third-order valence-electron chi connectivity index (χ3n) is 3.88. The highest BCUT2D eigenvalue weighted by molar-refractivity contribution is 7.17. The van der Waals surface area contributed by atoms with Crippen LogP contribution in [0.4, 0.5) is 0 Å². The molecule has 0 atom stereocenters. The first kappa shape index (κ1) is 18.1. The van der Waals surface area contributed by atoms with E-state index < -0.39 is 0 Å². The highest BCUT2D eigenvalue weighted by Crippen LogP contribution is 2.27. The summed E-state index contributed by atoms with van der Waals surface area (Å²) in [6.45, 7) is 4.99. The van der Waals surface area contributed by atoms with Crippen LogP contribution in [0.15, 0.2) is 48.7 Å². The van der Waals surface area contributed by atoms with E-state index in [2.05, 4.69) is 9.97 Å². The third kappa shape index (κ3) is 4.08. The highest BCUT2D eigenvalue weighted by atomic mass is 32.1. The van der Waals surface area contributed by atoms with Gasteiger partial charge in [-0.15, -0.1) is 11.3 Å². The molecule has 2 heterocycles. The number of benzene rings is 1. The highest BCUT2D eigenvalue weighted by Gasteiger charge is 2.20. The Morgan fingerprint density at radius 2 is 1.96 bits per heavy atom. The summed E-state index contributed by atoms with van der Waals surface area (Å²) in [6.07, 6.45) is 1.73. The average molecular weight is 367 g/mol. The first-order valence-corrected chi connectivity index (χ1v) is 9.26. The monoisotopic (exact) mass is 367 g/mol. The summed E-state index contributed by atoms with van der Waals surface area (Å²) in [4.78, 5) is 24.0. The molecule has 2 aromatic heterocycles. The van der Waals surface area contributed by atoms with Gasteiger partial charge in [0.25, 0.3) is 5.91 Å². The Balaban J connectivity index is 1.73. The molecule has 0 N–H and O–H groups in total. The second-order valence-corrected chi connectivity index (χ2v) is 6.89. The predicted octanol–water partition coefficient (Wildman–Crippen LogP) is 4.18. The van der Waals surface area contributed by atoms with Crippen LogP contribution in [0.25, 0.3) is 10.7 Å². The number of hydrogen-bond acceptors (Lipinski definition) is 5. The summed E-state index contributed by atoms with van der Waals surface area (Å²) in [5.74, 6) is 0.805. The molecular weight excluding hydrogens is 346 g/mol. The topological polar surface area (TPSA) is 55.3 Å². The van der Waals surface area contributed by atoms with Crippen LogP contribution < -0.4 is 4.74 Å². The van der Waals surface area contributed by atoms with Gasteiger partial charge in [0, 0.05) is 19.8 Å². The van der Waals surface area contributed by atoms with Crippen molar-refractivity contribution in [2.45, 2.75) is 20.4 Å². The van der Waals surface area contributed by atoms with E-state index in [0.717, 1.165) is 27.7 Å². The molecule has 0 spiro atoms. The number of rotatable bonds is 6. The number of aryl methyl sites for hydroxylation is 1. The van der Waals surface area contributed by atoms with E-state index >= 15 is 0 Å². The van der Waals surface area contributed by atoms with E-state index in [4.69, 9.17) is 4.74 Å². The zero-order valence-electron chi connectivity index (χ0n) is 15.1. The van der Waals surface area contributed by atoms with Crippen LogP contribution in [-0.2, 0) is 6.54 Å². The van der Waals surface area contributed by atoms with Crippen LogP contribution >= 0.6 is 11.3 Å². The summed E-state index contributed by atoms with van der Waals surface area (Å²) in [7, 11) is 1.80. The lowest BCUT2D eigenvalue weighted by Gasteiger charge is -2.17. The van der Waals surface area contributed by atoms with Crippen molar-refractivity contribution in [1.29, 1.82) is 0 Å². The maximum atomic E-state index is 12.8. The minimum absolute atomic E-state index is 0.0314. The molecule has 3 aromatic rings. The molecule has 3 rings (SSSR count). The van der Waals surface area contributed by atoms with E-state index in [9.17, 15) is 4.79 Å². The van der Waals surface area contributed by atoms with Crippen molar-refractivity contribution in [3.05, 3.63) is 64.8 Å². The fourth-order valence-corrected chi connectivity index (χ4v) is 3.61. The Bertz CT molecular complexity index is 876. The van der Waals surface area contributed by atoms with Gasteiger partial charge in [0.05, 0.1) is 18.0 Å². The quantitative estimate of drug-likeness (QED) is 0.656. The predicted molar refractivity (Wildman–Crippen MR) is 103 cm³/mol. The van der Waals surface area contributed by atoms with Gasteiger partial charge in [-0.3, -0.25) is 9.78 Å². The molecule has 0 bridgehead atoms. The van der Waals surface area contributed by atoms with E-state index in [0.29, 0.717) is 18.0 Å². The van der Waals surface area contributed by atoms with Crippen LogP contribution in [0, 0.1) is 6.92 Å². The van der Waals surface area contributed by atoms with Crippen molar-refractivity contribution in [2.75, 3.05) is 13.7 Å². The number of carbonyl (C=O) groups excluding carboxylic acids is 1. The number of pyridine rings is 1. The summed E-state index contributed by atoms with van der Waals surface area (Å²) in [6, 6.07) is 13.5. The first-order chi connectivity index (χ1) is 12.6. The van der Waals surface area contributed by atoms with Gasteiger partial charge in [-0.2, -0.15) is 0 Å². The molecule has 26 heavy (non-hydrogen) atoms. The van der Waals surface area contributed by atoms with Gasteiger partial charge in [-0.05, 0) is 43.7 Å². The minimum Gasteiger partial charge on any atom is -0.494 e. The van der Waals surface area contributed by atoms with Crippen LogP contribution in [0.5, 0.6) is 5.75 Å². The SMILES string of the molecule is CCOc1ccc(CN(C)C(=O)c2sc(-c3ccccn3)nc2C)cc1. The fourth-order valence-electron chi connectivity index (χ4n) is 2.57. The molecule has 134 valence electrons. The molecule has 5 nitrogen and oxygen atoms in total. The van der Waals surface area contributed by atoms with Crippen molar-refractivity contribution >= 4 is 17.2 Å². The van der Waals surface area contributed by atoms with Gasteiger partial charge in [0.1, 0.15) is 15.6 Å². The molecule has 0 fully saturated rings. The molecule has 0 aliphatic rings. The van der Waals surface area contributed by atoms with E-state index in [1.807, 2.05) is 56.3 Å². The number of hydrogen-bond donors (Lipinski definition) is 0. The minimum atomic E-state index is -0.0314. The molecule has 0 saturated carbocycles. The summed E-state index contributed by atoms with van der Waals surface area (Å²) >= 11 is 1.38. The van der Waals surface area contributed by atoms with E-state index in [1.165, 1.54) is 11.3 Å². The maximum absolute atomic E-state index is 12.8. The van der Waals surface area contributed by atoms with Gasteiger partial charge in [-0.1, -0.05) is 18.2 Å². The number of amides is 1. The van der Waals surface area contributed by atoms with Gasteiger partial charge in [0.15, 0.2) is 0 Å². The van der Waals surface area contributed by atoms with Crippen LogP contribution in [0.2, 0.25) is 0 Å². The molecule has 0 aliphatic heterocycles. The smallest absolute Gasteiger partial charge is 0.265 e. The summed E-state index contributed by atoms with van der Waals surface area (Å²) in [5.41, 5.74) is 2.57. The fraction of sp³-hybridized carbons (Fsp3) is 0.250. The number of nitrogens with zero attached hydrogens (tertiary/aromatic N) is 3. The molecule has 1 aromatic carbocycles.